The zero-order valence-electron chi connectivity index (χ0n) is 23.2. The lowest BCUT2D eigenvalue weighted by atomic mass is 9.83. The third-order valence-electron chi connectivity index (χ3n) is 6.95. The number of carbonyl (C=O) groups is 4. The molecule has 0 radical (unpaired) electrons. The van der Waals surface area contributed by atoms with Crippen molar-refractivity contribution in [1.82, 2.24) is 0 Å². The summed E-state index contributed by atoms with van der Waals surface area (Å²) in [5.74, 6) is -5.29. The van der Waals surface area contributed by atoms with Gasteiger partial charge in [0.1, 0.15) is 34.5 Å². The molecule has 4 rings (SSSR count). The molecule has 0 aliphatic rings. The maximum Gasteiger partial charge on any atom is 0.194 e. The second-order valence-corrected chi connectivity index (χ2v) is 10.4. The molecule has 9 heteroatoms. The fraction of sp³-hybridized carbons (Fsp3) is 0.176. The van der Waals surface area contributed by atoms with Crippen molar-refractivity contribution in [2.24, 2.45) is 0 Å². The van der Waals surface area contributed by atoms with Gasteiger partial charge in [0.2, 0.25) is 0 Å². The quantitative estimate of drug-likeness (QED) is 0.127. The first-order valence-corrected chi connectivity index (χ1v) is 13.2. The molecule has 2 unspecified atom stereocenters. The average molecular weight is 591 g/mol. The zero-order valence-corrected chi connectivity index (χ0v) is 23.2. The van der Waals surface area contributed by atoms with Gasteiger partial charge in [0.05, 0.1) is 0 Å². The number of ketones is 4. The average Bonchev–Trinajstić information content (AvgIpc) is 2.97. The zero-order chi connectivity index (χ0) is 31.4. The Hall–Kier alpha value is -4.76. The number of benzene rings is 4. The number of rotatable bonds is 12. The number of Topliss-reactive ketones (excluding diaryl/α,β-unsaturated/α-hetero) is 4. The van der Waals surface area contributed by atoms with Crippen LogP contribution in [0.5, 0.6) is 0 Å². The summed E-state index contributed by atoms with van der Waals surface area (Å²) in [7, 11) is 0. The molecule has 0 aliphatic carbocycles. The largest absolute Gasteiger partial charge is 0.352 e. The molecule has 0 saturated carbocycles. The van der Waals surface area contributed by atoms with Crippen molar-refractivity contribution in [3.05, 3.63) is 143 Å². The summed E-state index contributed by atoms with van der Waals surface area (Å²) in [5.41, 5.74) is -4.21. The molecule has 4 aromatic carbocycles. The molecule has 0 N–H and O–H groups in total. The molecule has 0 spiro atoms. The van der Waals surface area contributed by atoms with E-state index >= 15 is 0 Å². The summed E-state index contributed by atoms with van der Waals surface area (Å²) < 4.78 is 60.7. The Labute approximate surface area is 245 Å². The van der Waals surface area contributed by atoms with E-state index in [1.807, 2.05) is 0 Å². The highest BCUT2D eigenvalue weighted by molar-refractivity contribution is 6.10. The molecular weight excluding hydrogens is 564 g/mol. The molecule has 0 amide bonds. The van der Waals surface area contributed by atoms with Gasteiger partial charge in [0, 0.05) is 35.1 Å². The van der Waals surface area contributed by atoms with E-state index in [9.17, 15) is 36.7 Å². The number of hydrogen-bond acceptors (Lipinski definition) is 5. The Kier molecular flexibility index (Phi) is 9.16. The van der Waals surface area contributed by atoms with Crippen LogP contribution in [0.4, 0.5) is 17.6 Å². The second kappa shape index (κ2) is 12.6. The van der Waals surface area contributed by atoms with Crippen LogP contribution in [0.25, 0.3) is 0 Å². The molecule has 0 saturated heterocycles. The van der Waals surface area contributed by atoms with Gasteiger partial charge >= 0.3 is 0 Å². The highest BCUT2D eigenvalue weighted by Gasteiger charge is 2.48. The number of halogens is 4. The Morgan fingerprint density at radius 1 is 0.465 bits per heavy atom. The second-order valence-electron chi connectivity index (χ2n) is 10.4. The SMILES string of the molecule is CC(CC(=O)c1ccc(F)cc1)(OC(C)(CC(=O)c1ccc(F)cc1)C(=O)c1ccc(F)cc1)C(=O)c1ccc(F)cc1. The monoisotopic (exact) mass is 590 g/mol. The van der Waals surface area contributed by atoms with Gasteiger partial charge in [0.15, 0.2) is 23.1 Å². The molecule has 0 fully saturated rings. The summed E-state index contributed by atoms with van der Waals surface area (Å²) in [6.45, 7) is 2.53. The molecular formula is C34H26F4O5. The lowest BCUT2D eigenvalue weighted by Gasteiger charge is -2.38. The summed E-state index contributed by atoms with van der Waals surface area (Å²) in [5, 5.41) is 0. The predicted molar refractivity (Wildman–Crippen MR) is 150 cm³/mol. The van der Waals surface area contributed by atoms with Gasteiger partial charge in [-0.3, -0.25) is 19.2 Å². The highest BCUT2D eigenvalue weighted by Crippen LogP contribution is 2.34. The molecule has 5 nitrogen and oxygen atoms in total. The van der Waals surface area contributed by atoms with E-state index in [0.717, 1.165) is 48.5 Å². The Balaban J connectivity index is 1.80. The summed E-state index contributed by atoms with van der Waals surface area (Å²) >= 11 is 0. The van der Waals surface area contributed by atoms with Gasteiger partial charge in [0.25, 0.3) is 0 Å². The Bertz CT molecular complexity index is 1520. The molecule has 43 heavy (non-hydrogen) atoms. The molecule has 0 aliphatic heterocycles. The maximum absolute atomic E-state index is 13.9. The first-order valence-electron chi connectivity index (χ1n) is 13.2. The van der Waals surface area contributed by atoms with Crippen LogP contribution in [-0.4, -0.2) is 34.3 Å². The molecule has 2 atom stereocenters. The highest BCUT2D eigenvalue weighted by atomic mass is 19.1. The van der Waals surface area contributed by atoms with Crippen LogP contribution in [0.15, 0.2) is 97.1 Å². The standard InChI is InChI=1S/C34H26F4O5/c1-33(31(41)23-7-15-27(37)16-8-23,19-29(39)21-3-11-25(35)12-4-21)43-34(2,32(42)24-9-17-28(38)18-10-24)20-30(40)22-5-13-26(36)14-6-22/h3-18H,19-20H2,1-2H3. The number of ether oxygens (including phenoxy) is 1. The van der Waals surface area contributed by atoms with E-state index in [4.69, 9.17) is 4.74 Å². The van der Waals surface area contributed by atoms with Gasteiger partial charge in [-0.15, -0.1) is 0 Å². The van der Waals surface area contributed by atoms with Crippen molar-refractivity contribution in [2.45, 2.75) is 37.9 Å². The summed E-state index contributed by atoms with van der Waals surface area (Å²) in [6.07, 6.45) is -1.29. The first-order chi connectivity index (χ1) is 20.3. The van der Waals surface area contributed by atoms with Crippen LogP contribution < -0.4 is 0 Å². The number of carbonyl (C=O) groups excluding carboxylic acids is 4. The van der Waals surface area contributed by atoms with Crippen molar-refractivity contribution in [1.29, 1.82) is 0 Å². The lowest BCUT2D eigenvalue weighted by Crippen LogP contribution is -2.52. The van der Waals surface area contributed by atoms with Crippen LogP contribution in [0, 0.1) is 23.3 Å². The Morgan fingerprint density at radius 3 is 0.953 bits per heavy atom. The molecule has 0 bridgehead atoms. The van der Waals surface area contributed by atoms with E-state index in [1.54, 1.807) is 0 Å². The van der Waals surface area contributed by atoms with Crippen LogP contribution in [0.1, 0.15) is 68.1 Å². The van der Waals surface area contributed by atoms with E-state index in [1.165, 1.54) is 62.4 Å². The minimum Gasteiger partial charge on any atom is -0.352 e. The van der Waals surface area contributed by atoms with Gasteiger partial charge in [-0.25, -0.2) is 17.6 Å². The topological polar surface area (TPSA) is 77.5 Å². The summed E-state index contributed by atoms with van der Waals surface area (Å²) in [4.78, 5) is 54.6. The smallest absolute Gasteiger partial charge is 0.194 e. The van der Waals surface area contributed by atoms with Gasteiger partial charge < -0.3 is 4.74 Å². The van der Waals surface area contributed by atoms with Crippen LogP contribution in [0.3, 0.4) is 0 Å². The van der Waals surface area contributed by atoms with E-state index in [2.05, 4.69) is 0 Å². The fourth-order valence-electron chi connectivity index (χ4n) is 4.72. The van der Waals surface area contributed by atoms with Crippen LogP contribution >= 0.6 is 0 Å². The fourth-order valence-corrected chi connectivity index (χ4v) is 4.72. The maximum atomic E-state index is 13.9. The van der Waals surface area contributed by atoms with Crippen molar-refractivity contribution >= 4 is 23.1 Å². The molecule has 0 aromatic heterocycles. The minimum atomic E-state index is -2.11. The van der Waals surface area contributed by atoms with E-state index < -0.39 is 70.4 Å². The van der Waals surface area contributed by atoms with E-state index in [-0.39, 0.29) is 22.3 Å². The van der Waals surface area contributed by atoms with Crippen LogP contribution in [-0.2, 0) is 4.74 Å². The molecule has 4 aromatic rings. The first kappa shape index (κ1) is 31.2. The minimum absolute atomic E-state index is 0.0442. The van der Waals surface area contributed by atoms with Crippen molar-refractivity contribution in [3.8, 4) is 0 Å². The normalized spacial score (nSPS) is 13.9. The summed E-state index contributed by atoms with van der Waals surface area (Å²) in [6, 6.07) is 18.1. The lowest BCUT2D eigenvalue weighted by molar-refractivity contribution is -0.0949. The van der Waals surface area contributed by atoms with Gasteiger partial charge in [-0.05, 0) is 111 Å². The molecule has 220 valence electrons. The van der Waals surface area contributed by atoms with Crippen molar-refractivity contribution in [2.75, 3.05) is 0 Å². The predicted octanol–water partition coefficient (Wildman–Crippen LogP) is 7.39. The Morgan fingerprint density at radius 2 is 0.698 bits per heavy atom. The third kappa shape index (κ3) is 7.37. The van der Waals surface area contributed by atoms with Crippen LogP contribution in [0.2, 0.25) is 0 Å². The van der Waals surface area contributed by atoms with Gasteiger partial charge in [-0.1, -0.05) is 0 Å². The third-order valence-corrected chi connectivity index (χ3v) is 6.95. The van der Waals surface area contributed by atoms with Crippen molar-refractivity contribution in [3.63, 3.8) is 0 Å². The van der Waals surface area contributed by atoms with E-state index in [0.29, 0.717) is 0 Å². The van der Waals surface area contributed by atoms with Gasteiger partial charge in [-0.2, -0.15) is 0 Å². The van der Waals surface area contributed by atoms with Crippen molar-refractivity contribution < 1.29 is 41.5 Å². The molecule has 0 heterocycles. The number of hydrogen-bond donors (Lipinski definition) is 0.